The zero-order valence-corrected chi connectivity index (χ0v) is 10.6. The summed E-state index contributed by atoms with van der Waals surface area (Å²) in [5.41, 5.74) is -0.283. The van der Waals surface area contributed by atoms with Crippen molar-refractivity contribution in [1.82, 2.24) is 10.6 Å². The third-order valence-corrected chi connectivity index (χ3v) is 1.86. The highest BCUT2D eigenvalue weighted by molar-refractivity contribution is 5.78. The van der Waals surface area contributed by atoms with Crippen LogP contribution in [0.3, 0.4) is 0 Å². The number of carbonyl (C=O) groups excluding carboxylic acids is 1. The van der Waals surface area contributed by atoms with Gasteiger partial charge in [-0.25, -0.2) is 0 Å². The van der Waals surface area contributed by atoms with Crippen LogP contribution in [-0.2, 0) is 4.79 Å². The fourth-order valence-electron chi connectivity index (χ4n) is 1.24. The van der Waals surface area contributed by atoms with E-state index in [-0.39, 0.29) is 24.4 Å². The van der Waals surface area contributed by atoms with E-state index < -0.39 is 12.6 Å². The van der Waals surface area contributed by atoms with Crippen molar-refractivity contribution in [3.8, 4) is 0 Å². The van der Waals surface area contributed by atoms with Gasteiger partial charge >= 0.3 is 6.18 Å². The standard InChI is InChI=1S/C11H21F3N2O/c1-10(2,3)16-9(17)8-15-7-5-4-6-11(12,13)14/h15H,4-8H2,1-3H3,(H,16,17). The third kappa shape index (κ3) is 13.2. The molecule has 0 spiro atoms. The maximum Gasteiger partial charge on any atom is 0.389 e. The Morgan fingerprint density at radius 2 is 1.71 bits per heavy atom. The molecule has 0 saturated heterocycles. The summed E-state index contributed by atoms with van der Waals surface area (Å²) in [6.45, 7) is 6.17. The Morgan fingerprint density at radius 3 is 2.18 bits per heavy atom. The van der Waals surface area contributed by atoms with Crippen molar-refractivity contribution in [2.45, 2.75) is 51.7 Å². The molecule has 0 heterocycles. The molecule has 0 saturated carbocycles. The molecule has 0 aromatic rings. The van der Waals surface area contributed by atoms with Gasteiger partial charge in [-0.05, 0) is 40.2 Å². The van der Waals surface area contributed by atoms with Gasteiger partial charge in [0.15, 0.2) is 0 Å². The molecule has 0 radical (unpaired) electrons. The van der Waals surface area contributed by atoms with Crippen molar-refractivity contribution in [2.24, 2.45) is 0 Å². The van der Waals surface area contributed by atoms with E-state index in [1.165, 1.54) is 0 Å². The number of carbonyl (C=O) groups is 1. The minimum Gasteiger partial charge on any atom is -0.350 e. The fourth-order valence-corrected chi connectivity index (χ4v) is 1.24. The van der Waals surface area contributed by atoms with Crippen molar-refractivity contribution in [2.75, 3.05) is 13.1 Å². The Kier molecular flexibility index (Phi) is 6.52. The van der Waals surface area contributed by atoms with E-state index in [0.717, 1.165) is 0 Å². The van der Waals surface area contributed by atoms with E-state index in [9.17, 15) is 18.0 Å². The second-order valence-electron chi connectivity index (χ2n) is 5.05. The lowest BCUT2D eigenvalue weighted by molar-refractivity contribution is -0.135. The topological polar surface area (TPSA) is 41.1 Å². The van der Waals surface area contributed by atoms with E-state index in [0.29, 0.717) is 13.0 Å². The molecular formula is C11H21F3N2O. The number of hydrogen-bond acceptors (Lipinski definition) is 2. The average Bonchev–Trinajstić information content (AvgIpc) is 2.06. The molecule has 0 aromatic carbocycles. The molecule has 0 unspecified atom stereocenters. The Labute approximate surface area is 100 Å². The fraction of sp³-hybridized carbons (Fsp3) is 0.909. The molecule has 6 heteroatoms. The first-order valence-electron chi connectivity index (χ1n) is 5.69. The number of rotatable bonds is 6. The van der Waals surface area contributed by atoms with Crippen molar-refractivity contribution >= 4 is 5.91 Å². The van der Waals surface area contributed by atoms with Crippen LogP contribution in [0.2, 0.25) is 0 Å². The predicted octanol–water partition coefficient (Wildman–Crippen LogP) is 2.22. The molecule has 0 aromatic heterocycles. The maximum atomic E-state index is 11.8. The highest BCUT2D eigenvalue weighted by Crippen LogP contribution is 2.21. The summed E-state index contributed by atoms with van der Waals surface area (Å²) in [4.78, 5) is 11.3. The van der Waals surface area contributed by atoms with Gasteiger partial charge in [-0.3, -0.25) is 4.79 Å². The lowest BCUT2D eigenvalue weighted by atomic mass is 10.1. The monoisotopic (exact) mass is 254 g/mol. The van der Waals surface area contributed by atoms with Gasteiger partial charge in [-0.1, -0.05) is 0 Å². The van der Waals surface area contributed by atoms with E-state index in [2.05, 4.69) is 10.6 Å². The van der Waals surface area contributed by atoms with Gasteiger partial charge < -0.3 is 10.6 Å². The molecule has 0 atom stereocenters. The highest BCUT2D eigenvalue weighted by atomic mass is 19.4. The largest absolute Gasteiger partial charge is 0.389 e. The molecule has 0 aliphatic heterocycles. The quantitative estimate of drug-likeness (QED) is 0.714. The van der Waals surface area contributed by atoms with Crippen LogP contribution in [0.15, 0.2) is 0 Å². The van der Waals surface area contributed by atoms with Gasteiger partial charge in [0.05, 0.1) is 6.54 Å². The van der Waals surface area contributed by atoms with Crippen LogP contribution in [-0.4, -0.2) is 30.7 Å². The normalized spacial score (nSPS) is 12.6. The van der Waals surface area contributed by atoms with Gasteiger partial charge in [0.1, 0.15) is 0 Å². The number of alkyl halides is 3. The van der Waals surface area contributed by atoms with E-state index in [4.69, 9.17) is 0 Å². The Bertz CT molecular complexity index is 234. The van der Waals surface area contributed by atoms with Crippen molar-refractivity contribution in [3.63, 3.8) is 0 Å². The lowest BCUT2D eigenvalue weighted by Crippen LogP contribution is -2.44. The Hall–Kier alpha value is -0.780. The summed E-state index contributed by atoms with van der Waals surface area (Å²) in [5.74, 6) is -0.145. The smallest absolute Gasteiger partial charge is 0.350 e. The molecule has 17 heavy (non-hydrogen) atoms. The van der Waals surface area contributed by atoms with E-state index >= 15 is 0 Å². The summed E-state index contributed by atoms with van der Waals surface area (Å²) < 4.78 is 35.4. The summed E-state index contributed by atoms with van der Waals surface area (Å²) in [7, 11) is 0. The molecule has 102 valence electrons. The van der Waals surface area contributed by atoms with Crippen LogP contribution in [0.5, 0.6) is 0 Å². The number of nitrogens with one attached hydrogen (secondary N) is 2. The summed E-state index contributed by atoms with van der Waals surface area (Å²) >= 11 is 0. The van der Waals surface area contributed by atoms with E-state index in [1.807, 2.05) is 20.8 Å². The number of amides is 1. The van der Waals surface area contributed by atoms with Gasteiger partial charge in [0.25, 0.3) is 0 Å². The zero-order chi connectivity index (χ0) is 13.5. The first-order chi connectivity index (χ1) is 7.60. The molecule has 0 fully saturated rings. The molecule has 2 N–H and O–H groups in total. The van der Waals surface area contributed by atoms with Crippen LogP contribution >= 0.6 is 0 Å². The average molecular weight is 254 g/mol. The predicted molar refractivity (Wildman–Crippen MR) is 60.7 cm³/mol. The van der Waals surface area contributed by atoms with Gasteiger partial charge in [0, 0.05) is 12.0 Å². The summed E-state index contributed by atoms with van der Waals surface area (Å²) in [6, 6.07) is 0. The van der Waals surface area contributed by atoms with E-state index in [1.54, 1.807) is 0 Å². The first kappa shape index (κ1) is 16.2. The third-order valence-electron chi connectivity index (χ3n) is 1.86. The minimum absolute atomic E-state index is 0.0946. The second kappa shape index (κ2) is 6.83. The second-order valence-corrected chi connectivity index (χ2v) is 5.05. The van der Waals surface area contributed by atoms with Crippen molar-refractivity contribution in [3.05, 3.63) is 0 Å². The van der Waals surface area contributed by atoms with Crippen molar-refractivity contribution < 1.29 is 18.0 Å². The van der Waals surface area contributed by atoms with Gasteiger partial charge in [-0.15, -0.1) is 0 Å². The van der Waals surface area contributed by atoms with Crippen molar-refractivity contribution in [1.29, 1.82) is 0 Å². The summed E-state index contributed by atoms with van der Waals surface area (Å²) in [6.07, 6.45) is -4.33. The number of hydrogen-bond donors (Lipinski definition) is 2. The molecular weight excluding hydrogens is 233 g/mol. The van der Waals surface area contributed by atoms with Crippen LogP contribution in [0.25, 0.3) is 0 Å². The minimum atomic E-state index is -4.08. The SMILES string of the molecule is CC(C)(C)NC(=O)CNCCCCC(F)(F)F. The van der Waals surface area contributed by atoms with Crippen LogP contribution in [0, 0.1) is 0 Å². The zero-order valence-electron chi connectivity index (χ0n) is 10.6. The number of halogens is 3. The van der Waals surface area contributed by atoms with Gasteiger partial charge in [0.2, 0.25) is 5.91 Å². The Balaban J connectivity index is 3.44. The molecule has 0 aliphatic rings. The maximum absolute atomic E-state index is 11.8. The first-order valence-corrected chi connectivity index (χ1v) is 5.69. The molecule has 0 aliphatic carbocycles. The highest BCUT2D eigenvalue weighted by Gasteiger charge is 2.25. The molecule has 3 nitrogen and oxygen atoms in total. The lowest BCUT2D eigenvalue weighted by Gasteiger charge is -2.20. The van der Waals surface area contributed by atoms with Crippen LogP contribution < -0.4 is 10.6 Å². The molecule has 0 rings (SSSR count). The molecule has 1 amide bonds. The van der Waals surface area contributed by atoms with Crippen LogP contribution in [0.4, 0.5) is 13.2 Å². The Morgan fingerprint density at radius 1 is 1.12 bits per heavy atom. The summed E-state index contributed by atoms with van der Waals surface area (Å²) in [5, 5.41) is 5.57. The molecule has 0 bridgehead atoms. The number of unbranched alkanes of at least 4 members (excludes halogenated alkanes) is 1. The van der Waals surface area contributed by atoms with Gasteiger partial charge in [-0.2, -0.15) is 13.2 Å². The van der Waals surface area contributed by atoms with Crippen LogP contribution in [0.1, 0.15) is 40.0 Å².